The largest absolute Gasteiger partial charge is 0.289 e. The Morgan fingerprint density at radius 3 is 1.46 bits per heavy atom. The van der Waals surface area contributed by atoms with E-state index in [0.717, 1.165) is 5.56 Å². The van der Waals surface area contributed by atoms with Crippen molar-refractivity contribution < 1.29 is 16.8 Å². The van der Waals surface area contributed by atoms with Gasteiger partial charge in [0.2, 0.25) is 0 Å². The first-order valence-electron chi connectivity index (χ1n) is 9.11. The summed E-state index contributed by atoms with van der Waals surface area (Å²) >= 11 is 0. The van der Waals surface area contributed by atoms with Gasteiger partial charge in [0.15, 0.2) is 19.7 Å². The lowest BCUT2D eigenvalue weighted by Gasteiger charge is -2.29. The van der Waals surface area contributed by atoms with Gasteiger partial charge in [0.05, 0.1) is 19.3 Å². The number of rotatable bonds is 8. The summed E-state index contributed by atoms with van der Waals surface area (Å²) in [6, 6.07) is 9.48. The molecule has 0 bridgehead atoms. The molecular formula is C21H33NO4S2. The molecule has 0 aromatic heterocycles. The highest BCUT2D eigenvalue weighted by atomic mass is 32.2. The van der Waals surface area contributed by atoms with E-state index in [2.05, 4.69) is 13.2 Å². The van der Waals surface area contributed by atoms with Crippen LogP contribution >= 0.6 is 0 Å². The lowest BCUT2D eigenvalue weighted by molar-refractivity contribution is 0.320. The zero-order chi connectivity index (χ0) is 22.0. The van der Waals surface area contributed by atoms with E-state index in [1.807, 2.05) is 30.3 Å². The second-order valence-corrected chi connectivity index (χ2v) is 14.6. The minimum Gasteiger partial charge on any atom is -0.289 e. The summed E-state index contributed by atoms with van der Waals surface area (Å²) in [5.74, 6) is 0. The molecule has 0 spiro atoms. The first kappa shape index (κ1) is 24.6. The zero-order valence-electron chi connectivity index (χ0n) is 17.8. The molecule has 0 radical (unpaired) electrons. The molecule has 1 rings (SSSR count). The third-order valence-corrected chi connectivity index (χ3v) is 9.42. The van der Waals surface area contributed by atoms with Crippen molar-refractivity contribution in [3.63, 3.8) is 0 Å². The molecule has 0 saturated heterocycles. The minimum absolute atomic E-state index is 0.0349. The maximum Gasteiger partial charge on any atom is 0.180 e. The van der Waals surface area contributed by atoms with E-state index in [1.54, 1.807) is 46.4 Å². The van der Waals surface area contributed by atoms with Crippen LogP contribution in [-0.4, -0.2) is 44.3 Å². The van der Waals surface area contributed by atoms with Gasteiger partial charge in [0.1, 0.15) is 0 Å². The van der Waals surface area contributed by atoms with Crippen LogP contribution in [0.15, 0.2) is 53.3 Å². The Kier molecular flexibility index (Phi) is 7.48. The fourth-order valence-corrected chi connectivity index (χ4v) is 4.98. The first-order valence-corrected chi connectivity index (χ1v) is 12.1. The predicted molar refractivity (Wildman–Crippen MR) is 117 cm³/mol. The van der Waals surface area contributed by atoms with Gasteiger partial charge < -0.3 is 0 Å². The quantitative estimate of drug-likeness (QED) is 0.628. The van der Waals surface area contributed by atoms with Crippen LogP contribution in [0.1, 0.15) is 47.1 Å². The van der Waals surface area contributed by atoms with Gasteiger partial charge in [-0.05, 0) is 47.1 Å². The van der Waals surface area contributed by atoms with Crippen LogP contribution in [0.5, 0.6) is 0 Å². The van der Waals surface area contributed by atoms with Crippen molar-refractivity contribution in [3.8, 4) is 0 Å². The van der Waals surface area contributed by atoms with Crippen molar-refractivity contribution in [1.82, 2.24) is 4.90 Å². The van der Waals surface area contributed by atoms with Crippen LogP contribution in [0.2, 0.25) is 0 Å². The molecule has 0 aliphatic heterocycles. The molecule has 28 heavy (non-hydrogen) atoms. The lowest BCUT2D eigenvalue weighted by Crippen LogP contribution is -2.38. The molecule has 1 aromatic carbocycles. The Morgan fingerprint density at radius 2 is 1.14 bits per heavy atom. The topological polar surface area (TPSA) is 71.5 Å². The molecule has 0 aliphatic rings. The maximum absolute atomic E-state index is 12.7. The fraction of sp³-hybridized carbons (Fsp3) is 0.524. The Hall–Kier alpha value is -1.44. The summed E-state index contributed by atoms with van der Waals surface area (Å²) in [7, 11) is -7.16. The molecular weight excluding hydrogens is 394 g/mol. The van der Waals surface area contributed by atoms with Crippen LogP contribution in [0.3, 0.4) is 0 Å². The molecule has 0 aliphatic carbocycles. The third kappa shape index (κ3) is 5.78. The van der Waals surface area contributed by atoms with Gasteiger partial charge in [0.25, 0.3) is 0 Å². The van der Waals surface area contributed by atoms with Crippen LogP contribution in [0, 0.1) is 0 Å². The van der Waals surface area contributed by atoms with Crippen molar-refractivity contribution in [3.05, 3.63) is 58.9 Å². The smallest absolute Gasteiger partial charge is 0.180 e. The van der Waals surface area contributed by atoms with Crippen LogP contribution in [0.25, 0.3) is 0 Å². The normalized spacial score (nSPS) is 13.5. The van der Waals surface area contributed by atoms with Crippen LogP contribution < -0.4 is 0 Å². The van der Waals surface area contributed by atoms with E-state index in [1.165, 1.54) is 0 Å². The summed E-state index contributed by atoms with van der Waals surface area (Å²) in [4.78, 5) is 1.89. The van der Waals surface area contributed by atoms with Crippen molar-refractivity contribution in [2.45, 2.75) is 57.6 Å². The summed E-state index contributed by atoms with van der Waals surface area (Å²) in [6.45, 7) is 17.8. The number of hydrogen-bond donors (Lipinski definition) is 0. The molecule has 0 saturated carbocycles. The molecule has 0 N–H and O–H groups in total. The number of hydrogen-bond acceptors (Lipinski definition) is 5. The Labute approximate surface area is 171 Å². The molecule has 158 valence electrons. The van der Waals surface area contributed by atoms with Crippen molar-refractivity contribution in [1.29, 1.82) is 0 Å². The molecule has 1 aromatic rings. The zero-order valence-corrected chi connectivity index (χ0v) is 19.5. The highest BCUT2D eigenvalue weighted by molar-refractivity contribution is 7.96. The van der Waals surface area contributed by atoms with Gasteiger partial charge in [0, 0.05) is 19.6 Å². The second-order valence-electron chi connectivity index (χ2n) is 8.94. The molecule has 0 fully saturated rings. The number of benzene rings is 1. The summed E-state index contributed by atoms with van der Waals surface area (Å²) in [5, 5.41) is 0. The van der Waals surface area contributed by atoms with Crippen molar-refractivity contribution in [2.75, 3.05) is 13.1 Å². The second kappa shape index (κ2) is 8.51. The Balaban J connectivity index is 3.17. The SMILES string of the molecule is C=C(CN(CC(=C)S(=O)(=O)C(C)(C)C)Cc1ccccc1)S(=O)(=O)C(C)(C)C. The summed E-state index contributed by atoms with van der Waals surface area (Å²) in [6.07, 6.45) is 0. The van der Waals surface area contributed by atoms with Gasteiger partial charge >= 0.3 is 0 Å². The van der Waals surface area contributed by atoms with Crippen molar-refractivity contribution >= 4 is 19.7 Å². The standard InChI is InChI=1S/C21H33NO4S2/c1-17(27(23,24)20(3,4)5)14-22(16-19-12-10-9-11-13-19)15-18(2)28(25,26)21(6,7)8/h9-13H,1-2,14-16H2,3-8H3. The van der Waals surface area contributed by atoms with Gasteiger partial charge in [-0.3, -0.25) is 4.90 Å². The summed E-state index contributed by atoms with van der Waals surface area (Å²) in [5.41, 5.74) is 0.949. The molecule has 0 amide bonds. The van der Waals surface area contributed by atoms with Gasteiger partial charge in [-0.1, -0.05) is 43.5 Å². The van der Waals surface area contributed by atoms with E-state index in [4.69, 9.17) is 0 Å². The molecule has 0 unspecified atom stereocenters. The fourth-order valence-electron chi connectivity index (χ4n) is 2.54. The predicted octanol–water partition coefficient (Wildman–Crippen LogP) is 3.94. The highest BCUT2D eigenvalue weighted by Gasteiger charge is 2.35. The number of nitrogens with zero attached hydrogens (tertiary/aromatic N) is 1. The molecule has 7 heteroatoms. The van der Waals surface area contributed by atoms with Crippen LogP contribution in [0.4, 0.5) is 0 Å². The highest BCUT2D eigenvalue weighted by Crippen LogP contribution is 2.26. The van der Waals surface area contributed by atoms with E-state index < -0.39 is 29.2 Å². The number of sulfone groups is 2. The average Bonchev–Trinajstić information content (AvgIpc) is 2.53. The lowest BCUT2D eigenvalue weighted by atomic mass is 10.2. The van der Waals surface area contributed by atoms with Gasteiger partial charge in [-0.15, -0.1) is 0 Å². The average molecular weight is 428 g/mol. The molecule has 0 atom stereocenters. The monoisotopic (exact) mass is 427 g/mol. The van der Waals surface area contributed by atoms with Crippen molar-refractivity contribution in [2.24, 2.45) is 0 Å². The van der Waals surface area contributed by atoms with Gasteiger partial charge in [-0.2, -0.15) is 0 Å². The van der Waals surface area contributed by atoms with E-state index in [-0.39, 0.29) is 22.9 Å². The van der Waals surface area contributed by atoms with E-state index in [0.29, 0.717) is 6.54 Å². The maximum atomic E-state index is 12.7. The Morgan fingerprint density at radius 1 is 0.786 bits per heavy atom. The molecule has 0 heterocycles. The molecule has 5 nitrogen and oxygen atoms in total. The minimum atomic E-state index is -3.58. The third-order valence-electron chi connectivity index (χ3n) is 4.42. The van der Waals surface area contributed by atoms with Crippen LogP contribution in [-0.2, 0) is 26.2 Å². The van der Waals surface area contributed by atoms with Gasteiger partial charge in [-0.25, -0.2) is 16.8 Å². The summed E-state index contributed by atoms with van der Waals surface area (Å²) < 4.78 is 48.9. The van der Waals surface area contributed by atoms with E-state index >= 15 is 0 Å². The first-order chi connectivity index (χ1) is 12.5. The van der Waals surface area contributed by atoms with E-state index in [9.17, 15) is 16.8 Å². The Bertz CT molecular complexity index is 859.